The predicted octanol–water partition coefficient (Wildman–Crippen LogP) is 4.00. The molecule has 1 aromatic carbocycles. The van der Waals surface area contributed by atoms with Gasteiger partial charge in [0.1, 0.15) is 0 Å². The molecule has 0 saturated heterocycles. The van der Waals surface area contributed by atoms with Crippen molar-refractivity contribution in [2.45, 2.75) is 32.6 Å². The van der Waals surface area contributed by atoms with Gasteiger partial charge in [0.05, 0.1) is 0 Å². The molecule has 0 bridgehead atoms. The molecular weight excluding hydrogens is 216 g/mol. The second-order valence-corrected chi connectivity index (χ2v) is 7.02. The number of carbonyl (C=O) groups excluding carboxylic acids is 1. The highest BCUT2D eigenvalue weighted by Crippen LogP contribution is 2.31. The van der Waals surface area contributed by atoms with Gasteiger partial charge >= 0.3 is 0 Å². The van der Waals surface area contributed by atoms with Crippen LogP contribution in [0.25, 0.3) is 0 Å². The van der Waals surface area contributed by atoms with E-state index >= 15 is 0 Å². The lowest BCUT2D eigenvalue weighted by molar-refractivity contribution is 0.101. The van der Waals surface area contributed by atoms with Crippen LogP contribution in [0.1, 0.15) is 38.1 Å². The molecule has 0 aliphatic rings. The molecule has 0 radical (unpaired) electrons. The maximum atomic E-state index is 11.1. The second kappa shape index (κ2) is 4.96. The minimum Gasteiger partial charge on any atom is -0.295 e. The van der Waals surface area contributed by atoms with E-state index in [0.717, 1.165) is 11.3 Å². The third kappa shape index (κ3) is 3.93. The van der Waals surface area contributed by atoms with Gasteiger partial charge in [0, 0.05) is 10.5 Å². The Balaban J connectivity index is 2.82. The van der Waals surface area contributed by atoms with Gasteiger partial charge in [-0.25, -0.2) is 0 Å². The van der Waals surface area contributed by atoms with E-state index in [1.54, 1.807) is 6.92 Å². The van der Waals surface area contributed by atoms with Crippen LogP contribution in [0.2, 0.25) is 0 Å². The van der Waals surface area contributed by atoms with Crippen molar-refractivity contribution in [2.75, 3.05) is 5.75 Å². The first-order valence-corrected chi connectivity index (χ1v) is 6.97. The Hall–Kier alpha value is -0.890. The fraction of sp³-hybridized carbons (Fsp3) is 0.429. The van der Waals surface area contributed by atoms with E-state index < -0.39 is 0 Å². The Bertz CT molecular complexity index is 396. The molecule has 88 valence electrons. The van der Waals surface area contributed by atoms with Gasteiger partial charge < -0.3 is 0 Å². The predicted molar refractivity (Wildman–Crippen MR) is 73.7 cm³/mol. The summed E-state index contributed by atoms with van der Waals surface area (Å²) in [4.78, 5) is 12.4. The minimum atomic E-state index is 0.0143. The fourth-order valence-electron chi connectivity index (χ4n) is 1.49. The van der Waals surface area contributed by atoms with Crippen LogP contribution in [-0.4, -0.2) is 17.4 Å². The summed E-state index contributed by atoms with van der Waals surface area (Å²) >= 11 is 0. The van der Waals surface area contributed by atoms with Crippen LogP contribution in [0, 0.1) is 5.41 Å². The molecule has 0 aliphatic carbocycles. The Kier molecular flexibility index (Phi) is 4.09. The molecule has 0 fully saturated rings. The monoisotopic (exact) mass is 236 g/mol. The maximum Gasteiger partial charge on any atom is 0.159 e. The standard InChI is InChI=1S/C14H20OS/c1-11(15)12-6-8-13(9-7-12)16(5)10-14(2,3)4/h6-9H,5,10H2,1-4H3. The summed E-state index contributed by atoms with van der Waals surface area (Å²) in [6.07, 6.45) is 0. The third-order valence-corrected chi connectivity index (χ3v) is 4.35. The van der Waals surface area contributed by atoms with Crippen LogP contribution < -0.4 is 0 Å². The number of Topliss-reactive ketones (excluding diaryl/α,β-unsaturated/α-hetero) is 1. The molecule has 2 heteroatoms. The normalized spacial score (nSPS) is 13.5. The van der Waals surface area contributed by atoms with Crippen molar-refractivity contribution in [3.8, 4) is 0 Å². The van der Waals surface area contributed by atoms with Gasteiger partial charge in [0.2, 0.25) is 0 Å². The van der Waals surface area contributed by atoms with Gasteiger partial charge in [-0.15, -0.1) is 0 Å². The Morgan fingerprint density at radius 3 is 2.12 bits per heavy atom. The van der Waals surface area contributed by atoms with E-state index in [9.17, 15) is 4.79 Å². The number of carbonyl (C=O) groups is 1. The molecule has 1 rings (SSSR count). The molecular formula is C14H20OS. The average molecular weight is 236 g/mol. The van der Waals surface area contributed by atoms with E-state index in [1.807, 2.05) is 24.3 Å². The summed E-state index contributed by atoms with van der Waals surface area (Å²) in [7, 11) is 0.0143. The largest absolute Gasteiger partial charge is 0.295 e. The van der Waals surface area contributed by atoms with Crippen molar-refractivity contribution >= 4 is 22.1 Å². The summed E-state index contributed by atoms with van der Waals surface area (Å²) in [5, 5.41) is 0. The number of rotatable bonds is 3. The van der Waals surface area contributed by atoms with Crippen LogP contribution in [0.4, 0.5) is 0 Å². The summed E-state index contributed by atoms with van der Waals surface area (Å²) in [5.41, 5.74) is 1.07. The maximum absolute atomic E-state index is 11.1. The van der Waals surface area contributed by atoms with E-state index in [4.69, 9.17) is 0 Å². The first-order chi connectivity index (χ1) is 7.29. The van der Waals surface area contributed by atoms with Crippen LogP contribution in [0.15, 0.2) is 29.2 Å². The lowest BCUT2D eigenvalue weighted by Crippen LogP contribution is -2.09. The van der Waals surface area contributed by atoms with Gasteiger partial charge in [0.25, 0.3) is 0 Å². The van der Waals surface area contributed by atoms with Crippen molar-refractivity contribution in [3.05, 3.63) is 29.8 Å². The smallest absolute Gasteiger partial charge is 0.159 e. The number of benzene rings is 1. The van der Waals surface area contributed by atoms with Crippen LogP contribution in [0.5, 0.6) is 0 Å². The molecule has 1 atom stereocenters. The van der Waals surface area contributed by atoms with E-state index in [-0.39, 0.29) is 16.3 Å². The van der Waals surface area contributed by atoms with Crippen molar-refractivity contribution in [1.82, 2.24) is 0 Å². The Morgan fingerprint density at radius 1 is 1.25 bits per heavy atom. The number of hydrogen-bond donors (Lipinski definition) is 0. The molecule has 0 aromatic heterocycles. The second-order valence-electron chi connectivity index (χ2n) is 5.28. The summed E-state index contributed by atoms with van der Waals surface area (Å²) in [6.45, 7) is 8.26. The first-order valence-electron chi connectivity index (χ1n) is 5.41. The van der Waals surface area contributed by atoms with Crippen molar-refractivity contribution in [1.29, 1.82) is 0 Å². The molecule has 1 aromatic rings. The zero-order chi connectivity index (χ0) is 12.3. The molecule has 0 aliphatic heterocycles. The highest BCUT2D eigenvalue weighted by Gasteiger charge is 2.12. The lowest BCUT2D eigenvalue weighted by Gasteiger charge is -2.20. The van der Waals surface area contributed by atoms with E-state index in [2.05, 4.69) is 26.6 Å². The summed E-state index contributed by atoms with van der Waals surface area (Å²) in [6, 6.07) is 7.84. The van der Waals surface area contributed by atoms with Gasteiger partial charge in [0.15, 0.2) is 5.78 Å². The number of ketones is 1. The first kappa shape index (κ1) is 13.2. The van der Waals surface area contributed by atoms with Crippen molar-refractivity contribution < 1.29 is 4.79 Å². The topological polar surface area (TPSA) is 17.1 Å². The fourth-order valence-corrected chi connectivity index (χ4v) is 3.22. The molecule has 0 N–H and O–H groups in total. The SMILES string of the molecule is C=S(CC(C)(C)C)c1ccc(C(C)=O)cc1. The van der Waals surface area contributed by atoms with E-state index in [1.165, 1.54) is 4.90 Å². The van der Waals surface area contributed by atoms with Crippen LogP contribution >= 0.6 is 10.5 Å². The van der Waals surface area contributed by atoms with Crippen molar-refractivity contribution in [2.24, 2.45) is 5.41 Å². The van der Waals surface area contributed by atoms with Crippen LogP contribution in [0.3, 0.4) is 0 Å². The highest BCUT2D eigenvalue weighted by atomic mass is 32.2. The van der Waals surface area contributed by atoms with Gasteiger partial charge in [-0.2, -0.15) is 10.5 Å². The summed E-state index contributed by atoms with van der Waals surface area (Å²) in [5.74, 6) is 5.40. The lowest BCUT2D eigenvalue weighted by atomic mass is 10.0. The molecule has 16 heavy (non-hydrogen) atoms. The van der Waals surface area contributed by atoms with Gasteiger partial charge in [-0.1, -0.05) is 38.8 Å². The molecule has 0 spiro atoms. The number of hydrogen-bond acceptors (Lipinski definition) is 1. The summed E-state index contributed by atoms with van der Waals surface area (Å²) < 4.78 is 0. The molecule has 0 heterocycles. The van der Waals surface area contributed by atoms with Crippen molar-refractivity contribution in [3.63, 3.8) is 0 Å². The molecule has 1 unspecified atom stereocenters. The average Bonchev–Trinajstić information content (AvgIpc) is 2.15. The molecule has 0 amide bonds. The third-order valence-electron chi connectivity index (χ3n) is 2.20. The minimum absolute atomic E-state index is 0.0143. The van der Waals surface area contributed by atoms with Crippen LogP contribution in [-0.2, 0) is 0 Å². The van der Waals surface area contributed by atoms with E-state index in [0.29, 0.717) is 5.41 Å². The quantitative estimate of drug-likeness (QED) is 0.573. The highest BCUT2D eigenvalue weighted by molar-refractivity contribution is 8.14. The Labute approximate surface area is 101 Å². The zero-order valence-electron chi connectivity index (χ0n) is 10.5. The zero-order valence-corrected chi connectivity index (χ0v) is 11.4. The van der Waals surface area contributed by atoms with Gasteiger partial charge in [-0.3, -0.25) is 4.79 Å². The molecule has 0 saturated carbocycles. The van der Waals surface area contributed by atoms with Gasteiger partial charge in [-0.05, 0) is 30.2 Å². The Morgan fingerprint density at radius 2 is 1.75 bits per heavy atom. The molecule has 1 nitrogen and oxygen atoms in total.